The van der Waals surface area contributed by atoms with Gasteiger partial charge in [0.1, 0.15) is 11.6 Å². The highest BCUT2D eigenvalue weighted by Crippen LogP contribution is 2.31. The Morgan fingerprint density at radius 1 is 1.18 bits per heavy atom. The number of amides is 1. The number of nitrogens with zero attached hydrogens (tertiary/aromatic N) is 5. The summed E-state index contributed by atoms with van der Waals surface area (Å²) in [6.07, 6.45) is 0. The Balaban J connectivity index is 1.24. The summed E-state index contributed by atoms with van der Waals surface area (Å²) in [5.74, 6) is 1.63. The number of anilines is 2. The van der Waals surface area contributed by atoms with E-state index in [9.17, 15) is 4.79 Å². The maximum absolute atomic E-state index is 12.7. The summed E-state index contributed by atoms with van der Waals surface area (Å²) < 4.78 is 13.6. The van der Waals surface area contributed by atoms with E-state index in [1.54, 1.807) is 18.4 Å². The Kier molecular flexibility index (Phi) is 6.66. The van der Waals surface area contributed by atoms with E-state index >= 15 is 0 Å². The van der Waals surface area contributed by atoms with E-state index < -0.39 is 0 Å². The lowest BCUT2D eigenvalue weighted by atomic mass is 10.3. The first-order valence-electron chi connectivity index (χ1n) is 10.8. The van der Waals surface area contributed by atoms with Gasteiger partial charge in [0, 0.05) is 24.5 Å². The third-order valence-corrected chi connectivity index (χ3v) is 7.41. The number of fused-ring (bicyclic) bond motifs is 1. The molecule has 0 atom stereocenters. The topological polar surface area (TPSA) is 94.4 Å². The fourth-order valence-electron chi connectivity index (χ4n) is 3.67. The van der Waals surface area contributed by atoms with Gasteiger partial charge < -0.3 is 19.7 Å². The van der Waals surface area contributed by atoms with Crippen LogP contribution in [0.5, 0.6) is 5.75 Å². The van der Waals surface area contributed by atoms with E-state index in [2.05, 4.69) is 20.4 Å². The number of carbonyl (C=O) groups excluding carboxylic acids is 1. The zero-order valence-electron chi connectivity index (χ0n) is 18.9. The van der Waals surface area contributed by atoms with Crippen LogP contribution in [0, 0.1) is 6.92 Å². The second kappa shape index (κ2) is 10.00. The summed E-state index contributed by atoms with van der Waals surface area (Å²) in [5, 5.41) is 13.1. The second-order valence-corrected chi connectivity index (χ2v) is 9.63. The molecule has 11 heteroatoms. The van der Waals surface area contributed by atoms with Crippen molar-refractivity contribution >= 4 is 50.0 Å². The van der Waals surface area contributed by atoms with Gasteiger partial charge in [0.2, 0.25) is 5.91 Å². The molecule has 1 N–H and O–H groups in total. The highest BCUT2D eigenvalue weighted by atomic mass is 32.2. The smallest absolute Gasteiger partial charge is 0.234 e. The molecule has 0 unspecified atom stereocenters. The molecule has 2 aromatic heterocycles. The molecule has 0 spiro atoms. The lowest BCUT2D eigenvalue weighted by Crippen LogP contribution is -2.36. The number of methoxy groups -OCH3 is 1. The van der Waals surface area contributed by atoms with Gasteiger partial charge in [-0.15, -0.1) is 10.2 Å². The predicted octanol–water partition coefficient (Wildman–Crippen LogP) is 3.76. The molecule has 1 aliphatic rings. The van der Waals surface area contributed by atoms with Crippen LogP contribution in [0.4, 0.5) is 10.8 Å². The largest absolute Gasteiger partial charge is 0.497 e. The molecule has 1 amide bonds. The van der Waals surface area contributed by atoms with E-state index in [-0.39, 0.29) is 11.7 Å². The number of thioether (sulfide) groups is 1. The van der Waals surface area contributed by atoms with Gasteiger partial charge in [-0.05, 0) is 49.4 Å². The van der Waals surface area contributed by atoms with E-state index in [4.69, 9.17) is 14.5 Å². The number of aromatic nitrogens is 4. The van der Waals surface area contributed by atoms with E-state index in [0.29, 0.717) is 5.16 Å². The number of aryl methyl sites for hydroxylation is 1. The first-order chi connectivity index (χ1) is 16.6. The molecule has 2 aromatic carbocycles. The summed E-state index contributed by atoms with van der Waals surface area (Å²) in [7, 11) is 1.63. The molecular formula is C23H24N6O3S2. The SMILES string of the molecule is COc1ccc(-n2c(C)nnc2SCC(=O)Nc2ccc3nc(N4CCOCC4)sc3c2)cc1. The van der Waals surface area contributed by atoms with Gasteiger partial charge >= 0.3 is 0 Å². The minimum Gasteiger partial charge on any atom is -0.497 e. The highest BCUT2D eigenvalue weighted by molar-refractivity contribution is 7.99. The van der Waals surface area contributed by atoms with Crippen LogP contribution in [0.1, 0.15) is 5.82 Å². The van der Waals surface area contributed by atoms with Crippen LogP contribution in [0.3, 0.4) is 0 Å². The Hall–Kier alpha value is -3.15. The maximum atomic E-state index is 12.7. The second-order valence-electron chi connectivity index (χ2n) is 7.68. The van der Waals surface area contributed by atoms with Crippen molar-refractivity contribution in [2.24, 2.45) is 0 Å². The molecule has 1 fully saturated rings. The molecule has 1 saturated heterocycles. The number of ether oxygens (including phenoxy) is 2. The Morgan fingerprint density at radius 3 is 2.74 bits per heavy atom. The standard InChI is InChI=1S/C23H24N6O3S2/c1-15-26-27-23(29(15)17-4-6-18(31-2)7-5-17)33-14-21(30)24-16-3-8-19-20(13-16)34-22(25-19)28-9-11-32-12-10-28/h3-8,13H,9-12,14H2,1-2H3,(H,24,30). The zero-order chi connectivity index (χ0) is 23.5. The average molecular weight is 497 g/mol. The third-order valence-electron chi connectivity index (χ3n) is 5.40. The lowest BCUT2D eigenvalue weighted by molar-refractivity contribution is -0.113. The van der Waals surface area contributed by atoms with Crippen molar-refractivity contribution in [2.45, 2.75) is 12.1 Å². The van der Waals surface area contributed by atoms with Crippen LogP contribution >= 0.6 is 23.1 Å². The van der Waals surface area contributed by atoms with Gasteiger partial charge in [0.15, 0.2) is 10.3 Å². The number of nitrogens with one attached hydrogen (secondary N) is 1. The van der Waals surface area contributed by atoms with Crippen molar-refractivity contribution < 1.29 is 14.3 Å². The monoisotopic (exact) mass is 496 g/mol. The van der Waals surface area contributed by atoms with E-state index in [1.807, 2.05) is 54.0 Å². The molecule has 5 rings (SSSR count). The third kappa shape index (κ3) is 4.86. The summed E-state index contributed by atoms with van der Waals surface area (Å²) in [6, 6.07) is 13.5. The van der Waals surface area contributed by atoms with Crippen LogP contribution in [0.15, 0.2) is 47.6 Å². The Labute approximate surface area is 205 Å². The molecule has 4 aromatic rings. The van der Waals surface area contributed by atoms with Gasteiger partial charge in [0.25, 0.3) is 0 Å². The lowest BCUT2D eigenvalue weighted by Gasteiger charge is -2.25. The molecule has 0 bridgehead atoms. The average Bonchev–Trinajstić information content (AvgIpc) is 3.46. The van der Waals surface area contributed by atoms with Crippen molar-refractivity contribution in [3.8, 4) is 11.4 Å². The van der Waals surface area contributed by atoms with Crippen LogP contribution in [-0.2, 0) is 9.53 Å². The minimum absolute atomic E-state index is 0.107. The van der Waals surface area contributed by atoms with Gasteiger partial charge in [-0.25, -0.2) is 4.98 Å². The first kappa shape index (κ1) is 22.6. The minimum atomic E-state index is -0.107. The fraction of sp³-hybridized carbons (Fsp3) is 0.304. The first-order valence-corrected chi connectivity index (χ1v) is 12.6. The molecule has 0 aliphatic carbocycles. The quantitative estimate of drug-likeness (QED) is 0.387. The fourth-order valence-corrected chi connectivity index (χ4v) is 5.53. The molecule has 1 aliphatic heterocycles. The van der Waals surface area contributed by atoms with Crippen LogP contribution in [-0.4, -0.2) is 64.8 Å². The van der Waals surface area contributed by atoms with Gasteiger partial charge in [-0.2, -0.15) is 0 Å². The number of benzene rings is 2. The van der Waals surface area contributed by atoms with Crippen LogP contribution in [0.25, 0.3) is 15.9 Å². The van der Waals surface area contributed by atoms with Crippen molar-refractivity contribution in [1.29, 1.82) is 0 Å². The predicted molar refractivity (Wildman–Crippen MR) is 135 cm³/mol. The number of morpholine rings is 1. The van der Waals surface area contributed by atoms with Crippen molar-refractivity contribution in [3.63, 3.8) is 0 Å². The Morgan fingerprint density at radius 2 is 1.97 bits per heavy atom. The summed E-state index contributed by atoms with van der Waals surface area (Å²) in [5.41, 5.74) is 2.60. The van der Waals surface area contributed by atoms with Gasteiger partial charge in [0.05, 0.1) is 36.3 Å². The van der Waals surface area contributed by atoms with Crippen LogP contribution < -0.4 is 15.0 Å². The summed E-state index contributed by atoms with van der Waals surface area (Å²) >= 11 is 2.98. The van der Waals surface area contributed by atoms with Crippen molar-refractivity contribution in [3.05, 3.63) is 48.3 Å². The summed E-state index contributed by atoms with van der Waals surface area (Å²) in [4.78, 5) is 19.6. The molecular weight excluding hydrogens is 472 g/mol. The normalized spacial score (nSPS) is 13.9. The molecule has 3 heterocycles. The number of carbonyl (C=O) groups is 1. The van der Waals surface area contributed by atoms with Crippen molar-refractivity contribution in [1.82, 2.24) is 19.7 Å². The van der Waals surface area contributed by atoms with Crippen molar-refractivity contribution in [2.75, 3.05) is 49.4 Å². The number of rotatable bonds is 7. The highest BCUT2D eigenvalue weighted by Gasteiger charge is 2.17. The molecule has 176 valence electrons. The van der Waals surface area contributed by atoms with Gasteiger partial charge in [-0.3, -0.25) is 9.36 Å². The number of hydrogen-bond donors (Lipinski definition) is 1. The molecule has 0 saturated carbocycles. The molecule has 9 nitrogen and oxygen atoms in total. The Bertz CT molecular complexity index is 1300. The summed E-state index contributed by atoms with van der Waals surface area (Å²) in [6.45, 7) is 5.03. The zero-order valence-corrected chi connectivity index (χ0v) is 20.5. The number of hydrogen-bond acceptors (Lipinski definition) is 9. The van der Waals surface area contributed by atoms with Crippen LogP contribution in [0.2, 0.25) is 0 Å². The molecule has 34 heavy (non-hydrogen) atoms. The number of thiazole rings is 1. The molecule has 0 radical (unpaired) electrons. The van der Waals surface area contributed by atoms with Gasteiger partial charge in [-0.1, -0.05) is 23.1 Å². The van der Waals surface area contributed by atoms with E-state index in [1.165, 1.54) is 11.8 Å². The van der Waals surface area contributed by atoms with E-state index in [0.717, 1.165) is 64.6 Å². The maximum Gasteiger partial charge on any atom is 0.234 e.